The van der Waals surface area contributed by atoms with Crippen molar-refractivity contribution in [3.63, 3.8) is 0 Å². The van der Waals surface area contributed by atoms with Crippen molar-refractivity contribution in [3.8, 4) is 0 Å². The van der Waals surface area contributed by atoms with E-state index in [1.807, 2.05) is 0 Å². The Morgan fingerprint density at radius 2 is 1.68 bits per heavy atom. The zero-order valence-corrected chi connectivity index (χ0v) is 13.5. The summed E-state index contributed by atoms with van der Waals surface area (Å²) in [6.45, 7) is 14.6. The van der Waals surface area contributed by atoms with Gasteiger partial charge in [-0.3, -0.25) is 0 Å². The van der Waals surface area contributed by atoms with Crippen LogP contribution >= 0.6 is 0 Å². The molecule has 112 valence electrons. The summed E-state index contributed by atoms with van der Waals surface area (Å²) < 4.78 is 11.7. The summed E-state index contributed by atoms with van der Waals surface area (Å²) in [6.07, 6.45) is 5.54. The van der Waals surface area contributed by atoms with Crippen LogP contribution in [-0.4, -0.2) is 25.9 Å². The molecule has 2 fully saturated rings. The minimum absolute atomic E-state index is 0.291. The van der Waals surface area contributed by atoms with Gasteiger partial charge in [0.2, 0.25) is 0 Å². The third-order valence-corrected chi connectivity index (χ3v) is 5.19. The molecule has 0 amide bonds. The molecule has 2 heteroatoms. The molecule has 0 saturated carbocycles. The molecule has 3 unspecified atom stereocenters. The van der Waals surface area contributed by atoms with E-state index in [1.54, 1.807) is 0 Å². The molecular weight excluding hydrogens is 236 g/mol. The van der Waals surface area contributed by atoms with Gasteiger partial charge in [0.25, 0.3) is 0 Å². The molecule has 0 bridgehead atoms. The summed E-state index contributed by atoms with van der Waals surface area (Å²) in [5.74, 6) is 1.49. The summed E-state index contributed by atoms with van der Waals surface area (Å²) in [7, 11) is 0. The van der Waals surface area contributed by atoms with Crippen molar-refractivity contribution in [1.82, 2.24) is 0 Å². The van der Waals surface area contributed by atoms with Crippen LogP contribution in [0.3, 0.4) is 0 Å². The van der Waals surface area contributed by atoms with E-state index in [2.05, 4.69) is 34.6 Å². The molecular formula is C17H32O2. The van der Waals surface area contributed by atoms with Crippen LogP contribution in [-0.2, 0) is 9.47 Å². The first-order valence-corrected chi connectivity index (χ1v) is 7.98. The maximum atomic E-state index is 6.13. The highest BCUT2D eigenvalue weighted by Crippen LogP contribution is 2.42. The fourth-order valence-electron chi connectivity index (χ4n) is 3.71. The lowest BCUT2D eigenvalue weighted by molar-refractivity contribution is -0.0797. The minimum Gasteiger partial charge on any atom is -0.381 e. The van der Waals surface area contributed by atoms with Gasteiger partial charge in [-0.2, -0.15) is 0 Å². The highest BCUT2D eigenvalue weighted by Gasteiger charge is 2.37. The first kappa shape index (κ1) is 15.3. The second kappa shape index (κ2) is 5.73. The van der Waals surface area contributed by atoms with Gasteiger partial charge in [-0.25, -0.2) is 0 Å². The quantitative estimate of drug-likeness (QED) is 0.760. The second-order valence-electron chi connectivity index (χ2n) is 8.38. The molecule has 2 aliphatic heterocycles. The third kappa shape index (κ3) is 3.95. The van der Waals surface area contributed by atoms with Crippen LogP contribution in [0.1, 0.15) is 60.3 Å². The van der Waals surface area contributed by atoms with Crippen molar-refractivity contribution >= 4 is 0 Å². The molecule has 0 aromatic carbocycles. The Kier molecular flexibility index (Phi) is 4.62. The van der Waals surface area contributed by atoms with E-state index in [4.69, 9.17) is 9.47 Å². The minimum atomic E-state index is 0.291. The zero-order valence-electron chi connectivity index (χ0n) is 13.5. The van der Waals surface area contributed by atoms with Gasteiger partial charge in [0, 0.05) is 19.8 Å². The number of ether oxygens (including phenoxy) is 2. The standard InChI is InChI=1S/C17H32O2/c1-16(2,3)15-7-6-13(11-19-15)10-17(4,5)14-8-9-18-12-14/h13-15H,6-12H2,1-5H3. The van der Waals surface area contributed by atoms with Gasteiger partial charge in [-0.05, 0) is 48.3 Å². The summed E-state index contributed by atoms with van der Waals surface area (Å²) in [4.78, 5) is 0. The summed E-state index contributed by atoms with van der Waals surface area (Å²) in [6, 6.07) is 0. The number of hydrogen-bond acceptors (Lipinski definition) is 2. The Hall–Kier alpha value is -0.0800. The van der Waals surface area contributed by atoms with E-state index < -0.39 is 0 Å². The predicted molar refractivity (Wildman–Crippen MR) is 79.2 cm³/mol. The van der Waals surface area contributed by atoms with Crippen LogP contribution in [0, 0.1) is 22.7 Å². The van der Waals surface area contributed by atoms with Crippen LogP contribution < -0.4 is 0 Å². The molecule has 0 aromatic heterocycles. The first-order chi connectivity index (χ1) is 8.79. The third-order valence-electron chi connectivity index (χ3n) is 5.19. The lowest BCUT2D eigenvalue weighted by Gasteiger charge is -2.40. The average Bonchev–Trinajstić information content (AvgIpc) is 2.82. The summed E-state index contributed by atoms with van der Waals surface area (Å²) in [5.41, 5.74) is 0.693. The lowest BCUT2D eigenvalue weighted by Crippen LogP contribution is -2.38. The number of rotatable bonds is 3. The smallest absolute Gasteiger partial charge is 0.0623 e. The Morgan fingerprint density at radius 1 is 0.947 bits per heavy atom. The van der Waals surface area contributed by atoms with E-state index in [0.717, 1.165) is 31.7 Å². The zero-order chi connectivity index (χ0) is 14.1. The van der Waals surface area contributed by atoms with Crippen LogP contribution in [0.2, 0.25) is 0 Å². The van der Waals surface area contributed by atoms with Crippen molar-refractivity contribution < 1.29 is 9.47 Å². The normalized spacial score (nSPS) is 33.6. The van der Waals surface area contributed by atoms with Gasteiger partial charge in [0.1, 0.15) is 0 Å². The van der Waals surface area contributed by atoms with Gasteiger partial charge in [0.05, 0.1) is 6.10 Å². The Balaban J connectivity index is 1.82. The fourth-order valence-corrected chi connectivity index (χ4v) is 3.71. The first-order valence-electron chi connectivity index (χ1n) is 7.98. The summed E-state index contributed by atoms with van der Waals surface area (Å²) in [5, 5.41) is 0. The highest BCUT2D eigenvalue weighted by atomic mass is 16.5. The summed E-state index contributed by atoms with van der Waals surface area (Å²) >= 11 is 0. The maximum absolute atomic E-state index is 6.13. The molecule has 19 heavy (non-hydrogen) atoms. The van der Waals surface area contributed by atoms with Crippen LogP contribution in [0.15, 0.2) is 0 Å². The highest BCUT2D eigenvalue weighted by molar-refractivity contribution is 4.86. The average molecular weight is 268 g/mol. The SMILES string of the molecule is CC(C)(C)C1CCC(CC(C)(C)C2CCOC2)CO1. The van der Waals surface area contributed by atoms with E-state index in [-0.39, 0.29) is 0 Å². The van der Waals surface area contributed by atoms with Crippen molar-refractivity contribution in [2.75, 3.05) is 19.8 Å². The van der Waals surface area contributed by atoms with E-state index in [0.29, 0.717) is 16.9 Å². The lowest BCUT2D eigenvalue weighted by atomic mass is 9.70. The van der Waals surface area contributed by atoms with E-state index in [9.17, 15) is 0 Å². The maximum Gasteiger partial charge on any atom is 0.0623 e. The van der Waals surface area contributed by atoms with E-state index in [1.165, 1.54) is 25.7 Å². The largest absolute Gasteiger partial charge is 0.381 e. The Bertz CT molecular complexity index is 276. The molecule has 2 saturated heterocycles. The molecule has 3 atom stereocenters. The van der Waals surface area contributed by atoms with Crippen LogP contribution in [0.4, 0.5) is 0 Å². The monoisotopic (exact) mass is 268 g/mol. The molecule has 2 aliphatic rings. The molecule has 0 N–H and O–H groups in total. The Morgan fingerprint density at radius 3 is 2.16 bits per heavy atom. The topological polar surface area (TPSA) is 18.5 Å². The molecule has 0 aliphatic carbocycles. The number of hydrogen-bond donors (Lipinski definition) is 0. The molecule has 2 heterocycles. The van der Waals surface area contributed by atoms with Crippen molar-refractivity contribution in [2.24, 2.45) is 22.7 Å². The molecule has 0 aromatic rings. The van der Waals surface area contributed by atoms with Gasteiger partial charge in [-0.15, -0.1) is 0 Å². The van der Waals surface area contributed by atoms with E-state index >= 15 is 0 Å². The Labute approximate surface area is 119 Å². The van der Waals surface area contributed by atoms with Crippen molar-refractivity contribution in [1.29, 1.82) is 0 Å². The van der Waals surface area contributed by atoms with Crippen molar-refractivity contribution in [2.45, 2.75) is 66.4 Å². The van der Waals surface area contributed by atoms with Gasteiger partial charge in [0.15, 0.2) is 0 Å². The van der Waals surface area contributed by atoms with Crippen LogP contribution in [0.5, 0.6) is 0 Å². The fraction of sp³-hybridized carbons (Fsp3) is 1.00. The predicted octanol–water partition coefficient (Wildman–Crippen LogP) is 4.28. The van der Waals surface area contributed by atoms with Crippen LogP contribution in [0.25, 0.3) is 0 Å². The second-order valence-corrected chi connectivity index (χ2v) is 8.38. The van der Waals surface area contributed by atoms with Gasteiger partial charge >= 0.3 is 0 Å². The molecule has 0 radical (unpaired) electrons. The molecule has 2 nitrogen and oxygen atoms in total. The van der Waals surface area contributed by atoms with Crippen molar-refractivity contribution in [3.05, 3.63) is 0 Å². The molecule has 2 rings (SSSR count). The molecule has 0 spiro atoms. The van der Waals surface area contributed by atoms with Gasteiger partial charge < -0.3 is 9.47 Å². The van der Waals surface area contributed by atoms with Gasteiger partial charge in [-0.1, -0.05) is 34.6 Å².